The number of rotatable bonds is 7. The molecule has 0 atom stereocenters. The van der Waals surface area contributed by atoms with E-state index < -0.39 is 10.0 Å². The largest absolute Gasteiger partial charge is 0.497 e. The van der Waals surface area contributed by atoms with E-state index in [4.69, 9.17) is 4.74 Å². The molecule has 2 aliphatic rings. The molecule has 32 heavy (non-hydrogen) atoms. The second-order valence-electron chi connectivity index (χ2n) is 9.87. The van der Waals surface area contributed by atoms with E-state index in [0.29, 0.717) is 17.7 Å². The molecule has 0 bridgehead atoms. The maximum Gasteiger partial charge on any atom is 0.283 e. The van der Waals surface area contributed by atoms with Gasteiger partial charge in [0.25, 0.3) is 10.0 Å². The molecular weight excluding hydrogens is 420 g/mol. The number of nitrogens with zero attached hydrogens (tertiary/aromatic N) is 2. The van der Waals surface area contributed by atoms with Crippen LogP contribution in [0.25, 0.3) is 0 Å². The van der Waals surface area contributed by atoms with Crippen LogP contribution >= 0.6 is 0 Å². The normalized spacial score (nSPS) is 20.1. The van der Waals surface area contributed by atoms with Gasteiger partial charge in [0.1, 0.15) is 11.6 Å². The molecule has 0 aromatic heterocycles. The Balaban J connectivity index is 1.95. The molecule has 6 heteroatoms. The first-order valence-corrected chi connectivity index (χ1v) is 14.1. The number of hydrogen-bond acceptors (Lipinski definition) is 3. The Kier molecular flexibility index (Phi) is 9.45. The van der Waals surface area contributed by atoms with Crippen LogP contribution in [0.3, 0.4) is 0 Å². The molecular formula is C26H42N2O3S. The summed E-state index contributed by atoms with van der Waals surface area (Å²) in [4.78, 5) is 2.61. The number of sulfonamides is 1. The van der Waals surface area contributed by atoms with Crippen molar-refractivity contribution in [2.24, 2.45) is 10.3 Å². The summed E-state index contributed by atoms with van der Waals surface area (Å²) in [6.45, 7) is 4.38. The number of benzene rings is 1. The zero-order valence-electron chi connectivity index (χ0n) is 20.3. The molecule has 2 aliphatic carbocycles. The van der Waals surface area contributed by atoms with Gasteiger partial charge in [-0.2, -0.15) is 8.42 Å². The molecule has 0 aliphatic heterocycles. The average Bonchev–Trinajstić information content (AvgIpc) is 2.75. The molecule has 1 aromatic carbocycles. The smallest absolute Gasteiger partial charge is 0.283 e. The Labute approximate surface area is 195 Å². The lowest BCUT2D eigenvalue weighted by atomic mass is 9.86. The highest BCUT2D eigenvalue weighted by molar-refractivity contribution is 7.90. The highest BCUT2D eigenvalue weighted by atomic mass is 32.2. The molecule has 0 heterocycles. The van der Waals surface area contributed by atoms with Crippen LogP contribution in [-0.4, -0.2) is 38.3 Å². The Hall–Kier alpha value is -1.56. The van der Waals surface area contributed by atoms with E-state index in [-0.39, 0.29) is 10.9 Å². The Morgan fingerprint density at radius 2 is 1.47 bits per heavy atom. The lowest BCUT2D eigenvalue weighted by Crippen LogP contribution is -2.46. The van der Waals surface area contributed by atoms with Crippen molar-refractivity contribution in [2.75, 3.05) is 7.11 Å². The summed E-state index contributed by atoms with van der Waals surface area (Å²) in [6.07, 6.45) is 15.5. The van der Waals surface area contributed by atoms with Crippen molar-refractivity contribution in [1.82, 2.24) is 4.90 Å². The van der Waals surface area contributed by atoms with Crippen molar-refractivity contribution in [2.45, 2.75) is 114 Å². The SMILES string of the molecule is COc1ccc(S(=O)(=O)N=C(CC2CCCCC2)N(C(C)C)C2CCCCCCC2)cc1. The van der Waals surface area contributed by atoms with E-state index in [2.05, 4.69) is 23.1 Å². The fraction of sp³-hybridized carbons (Fsp3) is 0.731. The summed E-state index contributed by atoms with van der Waals surface area (Å²) in [5.41, 5.74) is 0. The fourth-order valence-electron chi connectivity index (χ4n) is 5.42. The number of methoxy groups -OCH3 is 1. The number of ether oxygens (including phenoxy) is 1. The monoisotopic (exact) mass is 462 g/mol. The van der Waals surface area contributed by atoms with Crippen LogP contribution in [0.1, 0.15) is 97.3 Å². The van der Waals surface area contributed by atoms with Crippen molar-refractivity contribution in [3.63, 3.8) is 0 Å². The molecule has 0 saturated heterocycles. The van der Waals surface area contributed by atoms with Gasteiger partial charge in [-0.05, 0) is 56.9 Å². The third-order valence-corrected chi connectivity index (χ3v) is 8.42. The van der Waals surface area contributed by atoms with Gasteiger partial charge in [-0.25, -0.2) is 0 Å². The molecule has 1 aromatic rings. The number of hydrogen-bond donors (Lipinski definition) is 0. The molecule has 2 fully saturated rings. The maximum atomic E-state index is 13.4. The van der Waals surface area contributed by atoms with E-state index in [9.17, 15) is 8.42 Å². The summed E-state index contributed by atoms with van der Waals surface area (Å²) < 4.78 is 36.5. The molecule has 2 saturated carbocycles. The van der Waals surface area contributed by atoms with Crippen LogP contribution in [0.15, 0.2) is 33.6 Å². The van der Waals surface area contributed by atoms with Crippen LogP contribution in [0.2, 0.25) is 0 Å². The second kappa shape index (κ2) is 12.1. The van der Waals surface area contributed by atoms with E-state index in [1.165, 1.54) is 64.2 Å². The van der Waals surface area contributed by atoms with Crippen molar-refractivity contribution >= 4 is 15.9 Å². The van der Waals surface area contributed by atoms with Crippen LogP contribution in [0.5, 0.6) is 5.75 Å². The molecule has 5 nitrogen and oxygen atoms in total. The summed E-state index contributed by atoms with van der Waals surface area (Å²) in [7, 11) is -2.20. The van der Waals surface area contributed by atoms with Crippen molar-refractivity contribution in [3.05, 3.63) is 24.3 Å². The van der Waals surface area contributed by atoms with E-state index >= 15 is 0 Å². The van der Waals surface area contributed by atoms with Crippen LogP contribution in [0, 0.1) is 5.92 Å². The topological polar surface area (TPSA) is 59.0 Å². The van der Waals surface area contributed by atoms with Gasteiger partial charge in [-0.3, -0.25) is 0 Å². The minimum absolute atomic E-state index is 0.229. The molecule has 180 valence electrons. The predicted molar refractivity (Wildman–Crippen MR) is 132 cm³/mol. The Bertz CT molecular complexity index is 819. The van der Waals surface area contributed by atoms with Gasteiger partial charge in [0, 0.05) is 18.5 Å². The first-order valence-electron chi connectivity index (χ1n) is 12.7. The summed E-state index contributed by atoms with van der Waals surface area (Å²) >= 11 is 0. The summed E-state index contributed by atoms with van der Waals surface area (Å²) in [6, 6.07) is 7.20. The highest BCUT2D eigenvalue weighted by Gasteiger charge is 2.29. The van der Waals surface area contributed by atoms with Crippen LogP contribution in [-0.2, 0) is 10.0 Å². The fourth-order valence-corrected chi connectivity index (χ4v) is 6.45. The predicted octanol–water partition coefficient (Wildman–Crippen LogP) is 6.58. The molecule has 3 rings (SSSR count). The Morgan fingerprint density at radius 3 is 2.03 bits per heavy atom. The first-order chi connectivity index (χ1) is 15.4. The third kappa shape index (κ3) is 6.97. The number of amidine groups is 1. The third-order valence-electron chi connectivity index (χ3n) is 7.10. The summed E-state index contributed by atoms with van der Waals surface area (Å²) in [5, 5.41) is 0. The maximum absolute atomic E-state index is 13.4. The minimum Gasteiger partial charge on any atom is -0.497 e. The van der Waals surface area contributed by atoms with Gasteiger partial charge in [-0.1, -0.05) is 64.2 Å². The van der Waals surface area contributed by atoms with Crippen LogP contribution in [0.4, 0.5) is 0 Å². The van der Waals surface area contributed by atoms with Crippen LogP contribution < -0.4 is 4.74 Å². The quantitative estimate of drug-likeness (QED) is 0.339. The van der Waals surface area contributed by atoms with Crippen molar-refractivity contribution in [3.8, 4) is 5.75 Å². The molecule has 0 N–H and O–H groups in total. The summed E-state index contributed by atoms with van der Waals surface area (Å²) in [5.74, 6) is 1.96. The van der Waals surface area contributed by atoms with E-state index in [1.54, 1.807) is 31.4 Å². The van der Waals surface area contributed by atoms with Gasteiger partial charge < -0.3 is 9.64 Å². The molecule has 0 unspecified atom stereocenters. The molecule has 0 amide bonds. The van der Waals surface area contributed by atoms with E-state index in [1.807, 2.05) is 0 Å². The molecule has 0 radical (unpaired) electrons. The lowest BCUT2D eigenvalue weighted by Gasteiger charge is -2.40. The zero-order valence-corrected chi connectivity index (χ0v) is 21.1. The van der Waals surface area contributed by atoms with Gasteiger partial charge in [0.05, 0.1) is 12.0 Å². The van der Waals surface area contributed by atoms with Crippen molar-refractivity contribution in [1.29, 1.82) is 0 Å². The van der Waals surface area contributed by atoms with Gasteiger partial charge in [0.2, 0.25) is 0 Å². The Morgan fingerprint density at radius 1 is 0.938 bits per heavy atom. The van der Waals surface area contributed by atoms with E-state index in [0.717, 1.165) is 25.1 Å². The van der Waals surface area contributed by atoms with Gasteiger partial charge in [-0.15, -0.1) is 4.40 Å². The molecule has 0 spiro atoms. The van der Waals surface area contributed by atoms with Gasteiger partial charge in [0.15, 0.2) is 0 Å². The second-order valence-corrected chi connectivity index (χ2v) is 11.5. The van der Waals surface area contributed by atoms with Crippen molar-refractivity contribution < 1.29 is 13.2 Å². The standard InChI is InChI=1S/C26H42N2O3S/c1-21(2)28(23-14-10-5-4-6-11-15-23)26(20-22-12-8-7-9-13-22)27-32(29,30)25-18-16-24(31-3)17-19-25/h16-19,21-23H,4-15,20H2,1-3H3. The zero-order chi connectivity index (χ0) is 23.0. The highest BCUT2D eigenvalue weighted by Crippen LogP contribution is 2.31. The first kappa shape index (κ1) is 25.1. The lowest BCUT2D eigenvalue weighted by molar-refractivity contribution is 0.211. The minimum atomic E-state index is -3.78. The van der Waals surface area contributed by atoms with Gasteiger partial charge >= 0.3 is 0 Å². The average molecular weight is 463 g/mol.